The van der Waals surface area contributed by atoms with Crippen LogP contribution < -0.4 is 5.56 Å². The number of esters is 1. The summed E-state index contributed by atoms with van der Waals surface area (Å²) in [6, 6.07) is 0.0434. The lowest BCUT2D eigenvalue weighted by molar-refractivity contribution is -0.139. The van der Waals surface area contributed by atoms with Crippen molar-refractivity contribution in [3.8, 4) is 0 Å². The Balaban J connectivity index is 3.38. The number of aromatic nitrogens is 1. The normalized spacial score (nSPS) is 11.7. The van der Waals surface area contributed by atoms with Gasteiger partial charge in [0, 0.05) is 11.3 Å². The SMILES string of the molecule is COC(=O)Cc1[nH]c(=O)c(C(F)(F)F)cc1C(F)F. The molecule has 9 heteroatoms. The Morgan fingerprint density at radius 3 is 2.42 bits per heavy atom. The average molecular weight is 285 g/mol. The highest BCUT2D eigenvalue weighted by molar-refractivity contribution is 5.72. The molecule has 0 fully saturated rings. The van der Waals surface area contributed by atoms with Crippen LogP contribution in [0.5, 0.6) is 0 Å². The van der Waals surface area contributed by atoms with E-state index in [4.69, 9.17) is 0 Å². The number of carbonyl (C=O) groups excluding carboxylic acids is 1. The Morgan fingerprint density at radius 1 is 1.42 bits per heavy atom. The van der Waals surface area contributed by atoms with Crippen LogP contribution in [0, 0.1) is 0 Å². The molecule has 19 heavy (non-hydrogen) atoms. The summed E-state index contributed by atoms with van der Waals surface area (Å²) in [6.07, 6.45) is -9.07. The smallest absolute Gasteiger partial charge is 0.421 e. The van der Waals surface area contributed by atoms with Gasteiger partial charge in [-0.15, -0.1) is 0 Å². The van der Waals surface area contributed by atoms with Gasteiger partial charge in [-0.2, -0.15) is 13.2 Å². The van der Waals surface area contributed by atoms with E-state index >= 15 is 0 Å². The third-order valence-corrected chi connectivity index (χ3v) is 2.25. The fourth-order valence-electron chi connectivity index (χ4n) is 1.35. The van der Waals surface area contributed by atoms with Crippen molar-refractivity contribution in [2.24, 2.45) is 0 Å². The molecule has 1 heterocycles. The summed E-state index contributed by atoms with van der Waals surface area (Å²) in [7, 11) is 0.979. The van der Waals surface area contributed by atoms with Gasteiger partial charge in [-0.25, -0.2) is 8.78 Å². The number of nitrogens with one attached hydrogen (secondary N) is 1. The van der Waals surface area contributed by atoms with Crippen LogP contribution in [0.15, 0.2) is 10.9 Å². The summed E-state index contributed by atoms with van der Waals surface area (Å²) < 4.78 is 66.7. The first-order valence-electron chi connectivity index (χ1n) is 4.85. The number of methoxy groups -OCH3 is 1. The fraction of sp³-hybridized carbons (Fsp3) is 0.400. The van der Waals surface area contributed by atoms with Crippen LogP contribution in [-0.2, 0) is 22.1 Å². The molecule has 0 atom stereocenters. The van der Waals surface area contributed by atoms with Crippen molar-refractivity contribution < 1.29 is 31.5 Å². The van der Waals surface area contributed by atoms with E-state index in [1.54, 1.807) is 4.98 Å². The van der Waals surface area contributed by atoms with Gasteiger partial charge in [-0.05, 0) is 6.07 Å². The van der Waals surface area contributed by atoms with Crippen molar-refractivity contribution in [3.05, 3.63) is 33.2 Å². The number of H-pyrrole nitrogens is 1. The summed E-state index contributed by atoms with van der Waals surface area (Å²) in [4.78, 5) is 23.7. The minimum atomic E-state index is -5.05. The Labute approximate surface area is 103 Å². The first-order chi connectivity index (χ1) is 8.66. The molecule has 0 amide bonds. The first kappa shape index (κ1) is 15.1. The maximum Gasteiger partial charge on any atom is 0.421 e. The van der Waals surface area contributed by atoms with E-state index < -0.39 is 47.4 Å². The van der Waals surface area contributed by atoms with Gasteiger partial charge in [-0.3, -0.25) is 9.59 Å². The van der Waals surface area contributed by atoms with E-state index in [0.29, 0.717) is 0 Å². The average Bonchev–Trinajstić information content (AvgIpc) is 2.26. The molecule has 0 aliphatic carbocycles. The number of alkyl halides is 5. The van der Waals surface area contributed by atoms with Gasteiger partial charge in [0.2, 0.25) is 0 Å². The molecule has 0 aliphatic heterocycles. The fourth-order valence-corrected chi connectivity index (χ4v) is 1.35. The highest BCUT2D eigenvalue weighted by atomic mass is 19.4. The molecule has 1 N–H and O–H groups in total. The molecule has 1 aromatic rings. The zero-order chi connectivity index (χ0) is 14.8. The van der Waals surface area contributed by atoms with E-state index in [1.165, 1.54) is 0 Å². The summed E-state index contributed by atoms with van der Waals surface area (Å²) in [5.41, 5.74) is -4.98. The second-order valence-corrected chi connectivity index (χ2v) is 3.50. The molecule has 1 aromatic heterocycles. The number of rotatable bonds is 3. The highest BCUT2D eigenvalue weighted by Gasteiger charge is 2.35. The molecule has 0 radical (unpaired) electrons. The van der Waals surface area contributed by atoms with Gasteiger partial charge in [-0.1, -0.05) is 0 Å². The second kappa shape index (κ2) is 5.37. The van der Waals surface area contributed by atoms with E-state index in [9.17, 15) is 31.5 Å². The summed E-state index contributed by atoms with van der Waals surface area (Å²) in [5.74, 6) is -0.961. The molecule has 4 nitrogen and oxygen atoms in total. The van der Waals surface area contributed by atoms with Gasteiger partial charge < -0.3 is 9.72 Å². The van der Waals surface area contributed by atoms with Gasteiger partial charge >= 0.3 is 12.1 Å². The largest absolute Gasteiger partial charge is 0.469 e. The molecule has 0 saturated carbocycles. The van der Waals surface area contributed by atoms with Crippen molar-refractivity contribution in [2.75, 3.05) is 7.11 Å². The number of carbonyl (C=O) groups is 1. The van der Waals surface area contributed by atoms with Crippen molar-refractivity contribution >= 4 is 5.97 Å². The molecular weight excluding hydrogens is 277 g/mol. The number of pyridine rings is 1. The summed E-state index contributed by atoms with van der Waals surface area (Å²) >= 11 is 0. The molecular formula is C10H8F5NO3. The minimum Gasteiger partial charge on any atom is -0.469 e. The summed E-state index contributed by atoms with van der Waals surface area (Å²) in [6.45, 7) is 0. The second-order valence-electron chi connectivity index (χ2n) is 3.50. The third-order valence-electron chi connectivity index (χ3n) is 2.25. The van der Waals surface area contributed by atoms with E-state index in [0.717, 1.165) is 7.11 Å². The maximum atomic E-state index is 12.6. The van der Waals surface area contributed by atoms with E-state index in [2.05, 4.69) is 4.74 Å². The summed E-state index contributed by atoms with van der Waals surface area (Å²) in [5, 5.41) is 0. The molecule has 0 unspecified atom stereocenters. The quantitative estimate of drug-likeness (QED) is 0.683. The maximum absolute atomic E-state index is 12.6. The lowest BCUT2D eigenvalue weighted by Gasteiger charge is -2.11. The van der Waals surface area contributed by atoms with Crippen molar-refractivity contribution in [3.63, 3.8) is 0 Å². The molecule has 106 valence electrons. The highest BCUT2D eigenvalue weighted by Crippen LogP contribution is 2.30. The predicted molar refractivity (Wildman–Crippen MR) is 52.7 cm³/mol. The van der Waals surface area contributed by atoms with Gasteiger partial charge in [0.25, 0.3) is 12.0 Å². The van der Waals surface area contributed by atoms with Crippen LogP contribution >= 0.6 is 0 Å². The number of hydrogen-bond acceptors (Lipinski definition) is 3. The molecule has 0 bridgehead atoms. The van der Waals surface area contributed by atoms with Crippen molar-refractivity contribution in [2.45, 2.75) is 19.0 Å². The number of ether oxygens (including phenoxy) is 1. The molecule has 0 aromatic carbocycles. The molecule has 0 aliphatic rings. The number of hydrogen-bond donors (Lipinski definition) is 1. The first-order valence-corrected chi connectivity index (χ1v) is 4.85. The zero-order valence-corrected chi connectivity index (χ0v) is 9.48. The van der Waals surface area contributed by atoms with Crippen LogP contribution in [0.2, 0.25) is 0 Å². The Bertz CT molecular complexity index is 535. The van der Waals surface area contributed by atoms with Crippen LogP contribution in [0.1, 0.15) is 23.2 Å². The monoisotopic (exact) mass is 285 g/mol. The molecule has 0 spiro atoms. The van der Waals surface area contributed by atoms with Gasteiger partial charge in [0.1, 0.15) is 5.56 Å². The zero-order valence-electron chi connectivity index (χ0n) is 9.48. The molecule has 1 rings (SSSR count). The predicted octanol–water partition coefficient (Wildman–Crippen LogP) is 2.05. The van der Waals surface area contributed by atoms with Crippen molar-refractivity contribution in [1.82, 2.24) is 4.98 Å². The number of aromatic amines is 1. The van der Waals surface area contributed by atoms with Crippen LogP contribution in [0.4, 0.5) is 22.0 Å². The standard InChI is InChI=1S/C10H8F5NO3/c1-19-7(17)3-6-4(8(11)12)2-5(9(18)16-6)10(13,14)15/h2,8H,3H2,1H3,(H,16,18). The lowest BCUT2D eigenvalue weighted by Crippen LogP contribution is -2.25. The van der Waals surface area contributed by atoms with Crippen LogP contribution in [0.25, 0.3) is 0 Å². The lowest BCUT2D eigenvalue weighted by atomic mass is 10.1. The molecule has 0 saturated heterocycles. The Hall–Kier alpha value is -1.93. The van der Waals surface area contributed by atoms with Crippen LogP contribution in [0.3, 0.4) is 0 Å². The van der Waals surface area contributed by atoms with Crippen LogP contribution in [-0.4, -0.2) is 18.1 Å². The van der Waals surface area contributed by atoms with Gasteiger partial charge in [0.05, 0.1) is 13.5 Å². The van der Waals surface area contributed by atoms with E-state index in [1.807, 2.05) is 0 Å². The Kier molecular flexibility index (Phi) is 4.28. The van der Waals surface area contributed by atoms with Crippen molar-refractivity contribution in [1.29, 1.82) is 0 Å². The Morgan fingerprint density at radius 2 is 2.00 bits per heavy atom. The number of halogens is 5. The topological polar surface area (TPSA) is 59.2 Å². The van der Waals surface area contributed by atoms with E-state index in [-0.39, 0.29) is 6.07 Å². The van der Waals surface area contributed by atoms with Gasteiger partial charge in [0.15, 0.2) is 0 Å². The minimum absolute atomic E-state index is 0.0434. The third kappa shape index (κ3) is 3.52.